The predicted molar refractivity (Wildman–Crippen MR) is 183 cm³/mol. The molecule has 5 unspecified atom stereocenters. The Labute approximate surface area is 265 Å². The van der Waals surface area contributed by atoms with E-state index < -0.39 is 0 Å². The van der Waals surface area contributed by atoms with Crippen LogP contribution in [0.4, 0.5) is 0 Å². The van der Waals surface area contributed by atoms with Gasteiger partial charge in [0, 0.05) is 26.4 Å². The molecule has 4 saturated heterocycles. The molecule has 0 aliphatic carbocycles. The van der Waals surface area contributed by atoms with E-state index in [4.69, 9.17) is 18.9 Å². The first kappa shape index (κ1) is 41.8. The van der Waals surface area contributed by atoms with Crippen molar-refractivity contribution < 1.29 is 18.9 Å². The first-order chi connectivity index (χ1) is 19.1. The summed E-state index contributed by atoms with van der Waals surface area (Å²) in [6, 6.07) is 0. The second kappa shape index (κ2) is 21.6. The Hall–Kier alpha value is -0.160. The zero-order chi connectivity index (χ0) is 31.2. The van der Waals surface area contributed by atoms with Crippen LogP contribution in [0.1, 0.15) is 149 Å². The molecule has 0 bridgehead atoms. The van der Waals surface area contributed by atoms with Crippen molar-refractivity contribution in [3.05, 3.63) is 0 Å². The standard InChI is InChI=1S/2C10H20O.C9H18O.C8H16O.CH4/c1-7(2)10-5-8(3)11-9(4)6-10;1-8(2)9-5-6-11-10(3,4)7-9;1-7(2)9-4-5-10-8(3)6-9;1-7(2)8-3-5-9-6-4-8;/h7-10H,5-6H2,1-4H3;8-9H,5-7H2,1-4H3;7-9H,4-6H2,1-3H3;7-8H,3-6H2,1-2H3;1H4. The number of rotatable bonds is 4. The molecule has 0 saturated carbocycles. The molecule has 0 aromatic heterocycles. The van der Waals surface area contributed by atoms with E-state index >= 15 is 0 Å². The maximum atomic E-state index is 5.67. The van der Waals surface area contributed by atoms with Crippen LogP contribution in [0.2, 0.25) is 0 Å². The Bertz CT molecular complexity index is 621. The van der Waals surface area contributed by atoms with Gasteiger partial charge < -0.3 is 18.9 Å². The summed E-state index contributed by atoms with van der Waals surface area (Å²) >= 11 is 0. The maximum Gasteiger partial charge on any atom is 0.0629 e. The summed E-state index contributed by atoms with van der Waals surface area (Å²) in [6.45, 7) is 33.3. The molecule has 4 aliphatic heterocycles. The van der Waals surface area contributed by atoms with E-state index in [2.05, 4.69) is 90.0 Å². The van der Waals surface area contributed by atoms with Gasteiger partial charge in [-0.3, -0.25) is 0 Å². The van der Waals surface area contributed by atoms with Gasteiger partial charge in [0.15, 0.2) is 0 Å². The van der Waals surface area contributed by atoms with Crippen molar-refractivity contribution in [3.63, 3.8) is 0 Å². The summed E-state index contributed by atoms with van der Waals surface area (Å²) in [7, 11) is 0. The van der Waals surface area contributed by atoms with Gasteiger partial charge in [0.05, 0.1) is 23.9 Å². The minimum atomic E-state index is 0. The monoisotopic (exact) mass is 599 g/mol. The second-order valence-corrected chi connectivity index (χ2v) is 15.7. The van der Waals surface area contributed by atoms with Gasteiger partial charge in [-0.15, -0.1) is 0 Å². The first-order valence-corrected chi connectivity index (χ1v) is 17.6. The topological polar surface area (TPSA) is 36.9 Å². The van der Waals surface area contributed by atoms with Crippen molar-refractivity contribution in [2.75, 3.05) is 26.4 Å². The van der Waals surface area contributed by atoms with Crippen molar-refractivity contribution in [1.29, 1.82) is 0 Å². The molecular formula is C38H78O4. The van der Waals surface area contributed by atoms with Gasteiger partial charge in [0.2, 0.25) is 0 Å². The molecule has 0 amide bonds. The molecule has 0 aromatic rings. The van der Waals surface area contributed by atoms with E-state index in [0.717, 1.165) is 73.8 Å². The molecule has 4 heterocycles. The SMILES string of the molecule is C.CC(C)C1CCOC(C)(C)C1.CC(C)C1CCOCC1.CC1CC(C(C)C)CC(C)O1.CC1CC(C(C)C)CCO1. The minimum absolute atomic E-state index is 0. The lowest BCUT2D eigenvalue weighted by molar-refractivity contribution is -0.0799. The van der Waals surface area contributed by atoms with Gasteiger partial charge in [-0.05, 0) is 133 Å². The Morgan fingerprint density at radius 2 is 0.952 bits per heavy atom. The molecule has 4 nitrogen and oxygen atoms in total. The smallest absolute Gasteiger partial charge is 0.0629 e. The van der Waals surface area contributed by atoms with E-state index in [-0.39, 0.29) is 13.0 Å². The highest BCUT2D eigenvalue weighted by Crippen LogP contribution is 2.33. The Kier molecular flexibility index (Phi) is 21.5. The number of hydrogen-bond donors (Lipinski definition) is 0. The average Bonchev–Trinajstić information content (AvgIpc) is 2.89. The molecule has 0 N–H and O–H groups in total. The molecular weight excluding hydrogens is 520 g/mol. The molecule has 4 fully saturated rings. The zero-order valence-electron chi connectivity index (χ0n) is 30.0. The minimum Gasteiger partial charge on any atom is -0.381 e. The zero-order valence-corrected chi connectivity index (χ0v) is 30.0. The molecule has 0 radical (unpaired) electrons. The molecule has 0 aromatic carbocycles. The Morgan fingerprint density at radius 3 is 1.31 bits per heavy atom. The largest absolute Gasteiger partial charge is 0.381 e. The Morgan fingerprint density at radius 1 is 0.524 bits per heavy atom. The van der Waals surface area contributed by atoms with Crippen LogP contribution in [0.5, 0.6) is 0 Å². The second-order valence-electron chi connectivity index (χ2n) is 15.7. The van der Waals surface area contributed by atoms with Crippen molar-refractivity contribution in [1.82, 2.24) is 0 Å². The van der Waals surface area contributed by atoms with Gasteiger partial charge in [0.25, 0.3) is 0 Å². The lowest BCUT2D eigenvalue weighted by atomic mass is 9.81. The van der Waals surface area contributed by atoms with Crippen molar-refractivity contribution in [2.45, 2.75) is 173 Å². The maximum absolute atomic E-state index is 5.67. The molecule has 254 valence electrons. The summed E-state index contributed by atoms with van der Waals surface area (Å²) in [5, 5.41) is 0. The Balaban J connectivity index is 0.000000531. The summed E-state index contributed by atoms with van der Waals surface area (Å²) in [5.74, 6) is 6.93. The average molecular weight is 599 g/mol. The third kappa shape index (κ3) is 18.0. The van der Waals surface area contributed by atoms with Gasteiger partial charge in [-0.2, -0.15) is 0 Å². The van der Waals surface area contributed by atoms with Gasteiger partial charge >= 0.3 is 0 Å². The molecule has 0 spiro atoms. The van der Waals surface area contributed by atoms with E-state index in [1.54, 1.807) is 0 Å². The van der Waals surface area contributed by atoms with Crippen molar-refractivity contribution in [2.24, 2.45) is 47.3 Å². The van der Waals surface area contributed by atoms with Crippen molar-refractivity contribution >= 4 is 0 Å². The lowest BCUT2D eigenvalue weighted by Gasteiger charge is -2.37. The van der Waals surface area contributed by atoms with Crippen LogP contribution in [0.15, 0.2) is 0 Å². The molecule has 42 heavy (non-hydrogen) atoms. The first-order valence-electron chi connectivity index (χ1n) is 17.6. The number of hydrogen-bond acceptors (Lipinski definition) is 4. The fourth-order valence-corrected chi connectivity index (χ4v) is 6.87. The van der Waals surface area contributed by atoms with E-state index in [1.165, 1.54) is 51.4 Å². The summed E-state index contributed by atoms with van der Waals surface area (Å²) in [5.41, 5.74) is 0.132. The lowest BCUT2D eigenvalue weighted by Crippen LogP contribution is -2.35. The quantitative estimate of drug-likeness (QED) is 0.322. The van der Waals surface area contributed by atoms with Crippen molar-refractivity contribution in [3.8, 4) is 0 Å². The van der Waals surface area contributed by atoms with Crippen LogP contribution in [0, 0.1) is 47.3 Å². The van der Waals surface area contributed by atoms with Crippen LogP contribution in [-0.2, 0) is 18.9 Å². The summed E-state index contributed by atoms with van der Waals surface area (Å²) < 4.78 is 22.0. The fourth-order valence-electron chi connectivity index (χ4n) is 6.87. The molecule has 5 atom stereocenters. The molecule has 4 aliphatic rings. The van der Waals surface area contributed by atoms with Gasteiger partial charge in [-0.25, -0.2) is 0 Å². The highest BCUT2D eigenvalue weighted by molar-refractivity contribution is 4.80. The summed E-state index contributed by atoms with van der Waals surface area (Å²) in [6.07, 6.45) is 11.5. The number of ether oxygens (including phenoxy) is 4. The van der Waals surface area contributed by atoms with Crippen LogP contribution in [0.25, 0.3) is 0 Å². The van der Waals surface area contributed by atoms with E-state index in [1.807, 2.05) is 0 Å². The highest BCUT2D eigenvalue weighted by atomic mass is 16.5. The van der Waals surface area contributed by atoms with E-state index in [9.17, 15) is 0 Å². The predicted octanol–water partition coefficient (Wildman–Crippen LogP) is 10.9. The fraction of sp³-hybridized carbons (Fsp3) is 1.00. The van der Waals surface area contributed by atoms with Crippen LogP contribution in [0.3, 0.4) is 0 Å². The van der Waals surface area contributed by atoms with Gasteiger partial charge in [0.1, 0.15) is 0 Å². The third-order valence-electron chi connectivity index (χ3n) is 10.0. The van der Waals surface area contributed by atoms with Crippen LogP contribution < -0.4 is 0 Å². The summed E-state index contributed by atoms with van der Waals surface area (Å²) in [4.78, 5) is 0. The molecule has 4 rings (SSSR count). The van der Waals surface area contributed by atoms with Crippen LogP contribution in [-0.4, -0.2) is 50.3 Å². The van der Waals surface area contributed by atoms with Gasteiger partial charge in [-0.1, -0.05) is 62.8 Å². The van der Waals surface area contributed by atoms with Crippen LogP contribution >= 0.6 is 0 Å². The van der Waals surface area contributed by atoms with E-state index in [0.29, 0.717) is 18.3 Å². The third-order valence-corrected chi connectivity index (χ3v) is 10.0. The highest BCUT2D eigenvalue weighted by Gasteiger charge is 2.30. The molecule has 4 heteroatoms. The normalized spacial score (nSPS) is 31.6.